The SMILES string of the molecule is C[OH+]c1ccc2c(CCNc3c(Cl)cc(Nc4ccnc5ccccc45)cc3Cl)c[nH]c2c1. The number of benzene rings is 3. The van der Waals surface area contributed by atoms with Crippen LogP contribution in [-0.2, 0) is 6.42 Å². The van der Waals surface area contributed by atoms with Crippen molar-refractivity contribution < 1.29 is 4.74 Å². The fraction of sp³-hybridized carbons (Fsp3) is 0.115. The Morgan fingerprint density at radius 1 is 0.970 bits per heavy atom. The molecule has 5 rings (SSSR count). The molecule has 2 heterocycles. The first-order chi connectivity index (χ1) is 16.1. The number of ether oxygens (including phenoxy) is 1. The van der Waals surface area contributed by atoms with Crippen LogP contribution in [0.2, 0.25) is 10.0 Å². The monoisotopic (exact) mass is 477 g/mol. The van der Waals surface area contributed by atoms with Gasteiger partial charge in [-0.25, -0.2) is 0 Å². The summed E-state index contributed by atoms with van der Waals surface area (Å²) in [6.07, 6.45) is 4.66. The Labute approximate surface area is 201 Å². The van der Waals surface area contributed by atoms with E-state index in [1.54, 1.807) is 13.3 Å². The first kappa shape index (κ1) is 21.4. The van der Waals surface area contributed by atoms with E-state index in [9.17, 15) is 0 Å². The number of anilines is 3. The minimum absolute atomic E-state index is 0.566. The predicted octanol–water partition coefficient (Wildman–Crippen LogP) is 7.29. The van der Waals surface area contributed by atoms with Crippen LogP contribution in [0.1, 0.15) is 5.56 Å². The van der Waals surface area contributed by atoms with Crippen molar-refractivity contribution in [2.24, 2.45) is 0 Å². The quantitative estimate of drug-likeness (QED) is 0.215. The molecule has 0 fully saturated rings. The lowest BCUT2D eigenvalue weighted by atomic mass is 10.1. The maximum atomic E-state index is 6.59. The third-order valence-electron chi connectivity index (χ3n) is 5.68. The van der Waals surface area contributed by atoms with Crippen LogP contribution in [-0.4, -0.2) is 28.4 Å². The van der Waals surface area contributed by atoms with E-state index in [0.29, 0.717) is 16.6 Å². The molecule has 0 bridgehead atoms. The van der Waals surface area contributed by atoms with Gasteiger partial charge in [0.15, 0.2) is 7.11 Å². The second-order valence-electron chi connectivity index (χ2n) is 7.76. The van der Waals surface area contributed by atoms with Gasteiger partial charge in [0.2, 0.25) is 0 Å². The van der Waals surface area contributed by atoms with Gasteiger partial charge in [0.05, 0.1) is 32.8 Å². The summed E-state index contributed by atoms with van der Waals surface area (Å²) in [5, 5.41) is 10.2. The number of pyridine rings is 1. The average Bonchev–Trinajstić information content (AvgIpc) is 3.23. The van der Waals surface area contributed by atoms with Crippen molar-refractivity contribution in [2.75, 3.05) is 24.3 Å². The molecule has 0 spiro atoms. The molecule has 0 amide bonds. The summed E-state index contributed by atoms with van der Waals surface area (Å²) in [7, 11) is 1.79. The number of rotatable bonds is 7. The minimum atomic E-state index is 0.566. The van der Waals surface area contributed by atoms with Crippen molar-refractivity contribution in [2.45, 2.75) is 6.42 Å². The highest BCUT2D eigenvalue weighted by Crippen LogP contribution is 2.36. The maximum absolute atomic E-state index is 6.59. The second kappa shape index (κ2) is 9.22. The number of para-hydroxylation sites is 1. The van der Waals surface area contributed by atoms with Crippen molar-refractivity contribution in [3.8, 4) is 5.75 Å². The van der Waals surface area contributed by atoms with Crippen molar-refractivity contribution in [1.29, 1.82) is 0 Å². The standard InChI is InChI=1S/C26H22Cl2N4O/c1-33-18-6-7-19-16(15-31-25(19)14-18)8-10-30-26-21(27)12-17(13-22(26)28)32-24-9-11-29-23-5-3-2-4-20(23)24/h2-7,9,11-15,30-31H,8,10H2,1H3,(H,29,32)/p+1. The summed E-state index contributed by atoms with van der Waals surface area (Å²) in [6, 6.07) is 19.9. The lowest BCUT2D eigenvalue weighted by Gasteiger charge is -2.14. The van der Waals surface area contributed by atoms with Crippen LogP contribution < -0.4 is 10.6 Å². The van der Waals surface area contributed by atoms with Crippen LogP contribution in [0.3, 0.4) is 0 Å². The molecule has 0 aliphatic carbocycles. The average molecular weight is 478 g/mol. The first-order valence-electron chi connectivity index (χ1n) is 10.7. The molecule has 4 N–H and O–H groups in total. The molecule has 0 aliphatic heterocycles. The third kappa shape index (κ3) is 4.42. The van der Waals surface area contributed by atoms with E-state index >= 15 is 0 Å². The zero-order valence-electron chi connectivity index (χ0n) is 18.0. The summed E-state index contributed by atoms with van der Waals surface area (Å²) in [4.78, 5) is 7.73. The van der Waals surface area contributed by atoms with Crippen LogP contribution in [0.15, 0.2) is 73.1 Å². The zero-order chi connectivity index (χ0) is 22.8. The Bertz CT molecular complexity index is 1420. The molecular formula is C26H23Cl2N4O+. The van der Waals surface area contributed by atoms with Gasteiger partial charge >= 0.3 is 0 Å². The number of aliphatic hydroxyl groups is 1. The van der Waals surface area contributed by atoms with E-state index in [1.165, 1.54) is 10.9 Å². The number of fused-ring (bicyclic) bond motifs is 2. The molecule has 2 aromatic heterocycles. The topological polar surface area (TPSA) is 65.5 Å². The zero-order valence-corrected chi connectivity index (χ0v) is 19.5. The van der Waals surface area contributed by atoms with Crippen molar-refractivity contribution >= 4 is 62.1 Å². The number of aromatic hydroxyl groups is 1. The largest absolute Gasteiger partial charge is 0.585 e. The van der Waals surface area contributed by atoms with Gasteiger partial charge < -0.3 is 20.4 Å². The molecule has 0 saturated carbocycles. The van der Waals surface area contributed by atoms with Crippen molar-refractivity contribution in [3.63, 3.8) is 0 Å². The molecule has 0 aliphatic rings. The summed E-state index contributed by atoms with van der Waals surface area (Å²) in [5.74, 6) is 0.959. The molecule has 166 valence electrons. The highest BCUT2D eigenvalue weighted by Gasteiger charge is 2.11. The van der Waals surface area contributed by atoms with Crippen LogP contribution >= 0.6 is 23.2 Å². The minimum Gasteiger partial charge on any atom is -0.585 e. The molecule has 0 unspecified atom stereocenters. The van der Waals surface area contributed by atoms with Gasteiger partial charge in [-0.3, -0.25) is 4.98 Å². The van der Waals surface area contributed by atoms with E-state index in [0.717, 1.165) is 45.7 Å². The highest BCUT2D eigenvalue weighted by molar-refractivity contribution is 6.39. The van der Waals surface area contributed by atoms with Crippen molar-refractivity contribution in [3.05, 3.63) is 88.7 Å². The summed E-state index contributed by atoms with van der Waals surface area (Å²) in [6.45, 7) is 0.702. The normalized spacial score (nSPS) is 11.1. The van der Waals surface area contributed by atoms with E-state index in [4.69, 9.17) is 23.2 Å². The highest BCUT2D eigenvalue weighted by atomic mass is 35.5. The Morgan fingerprint density at radius 3 is 2.61 bits per heavy atom. The lowest BCUT2D eigenvalue weighted by Crippen LogP contribution is -2.06. The number of nitrogens with one attached hydrogen (secondary N) is 3. The number of hydrogen-bond acceptors (Lipinski definition) is 3. The smallest absolute Gasteiger partial charge is 0.256 e. The lowest BCUT2D eigenvalue weighted by molar-refractivity contribution is 0.136. The number of halogens is 2. The van der Waals surface area contributed by atoms with E-state index in [1.807, 2.05) is 54.7 Å². The molecule has 0 saturated heterocycles. The first-order valence-corrected chi connectivity index (χ1v) is 11.4. The van der Waals surface area contributed by atoms with Gasteiger partial charge in [-0.05, 0) is 42.3 Å². The van der Waals surface area contributed by atoms with Gasteiger partial charge in [-0.15, -0.1) is 0 Å². The van der Waals surface area contributed by atoms with Crippen LogP contribution in [0.4, 0.5) is 17.1 Å². The maximum Gasteiger partial charge on any atom is 0.256 e. The number of H-pyrrole nitrogens is 1. The molecule has 33 heavy (non-hydrogen) atoms. The van der Waals surface area contributed by atoms with Gasteiger partial charge in [0, 0.05) is 47.2 Å². The summed E-state index contributed by atoms with van der Waals surface area (Å²) in [5.41, 5.74) is 5.75. The summed E-state index contributed by atoms with van der Waals surface area (Å²) < 4.78 is 4.23. The predicted molar refractivity (Wildman–Crippen MR) is 140 cm³/mol. The summed E-state index contributed by atoms with van der Waals surface area (Å²) >= 11 is 13.2. The Kier molecular flexibility index (Phi) is 5.99. The fourth-order valence-electron chi connectivity index (χ4n) is 4.02. The van der Waals surface area contributed by atoms with E-state index < -0.39 is 0 Å². The second-order valence-corrected chi connectivity index (χ2v) is 8.57. The Hall–Kier alpha value is -3.41. The third-order valence-corrected chi connectivity index (χ3v) is 6.27. The Balaban J connectivity index is 1.30. The molecule has 5 nitrogen and oxygen atoms in total. The van der Waals surface area contributed by atoms with Gasteiger partial charge in [0.1, 0.15) is 0 Å². The van der Waals surface area contributed by atoms with Gasteiger partial charge in [-0.1, -0.05) is 41.4 Å². The van der Waals surface area contributed by atoms with Crippen LogP contribution in [0.25, 0.3) is 21.8 Å². The fourth-order valence-corrected chi connectivity index (χ4v) is 4.64. The van der Waals surface area contributed by atoms with E-state index in [-0.39, 0.29) is 0 Å². The van der Waals surface area contributed by atoms with Crippen LogP contribution in [0.5, 0.6) is 5.75 Å². The number of aromatic nitrogens is 2. The number of aromatic amines is 1. The molecule has 3 aromatic carbocycles. The number of nitrogens with zero attached hydrogens (tertiary/aromatic N) is 1. The molecular weight excluding hydrogens is 455 g/mol. The van der Waals surface area contributed by atoms with Gasteiger partial charge in [-0.2, -0.15) is 0 Å². The number of hydrogen-bond donors (Lipinski definition) is 3. The van der Waals surface area contributed by atoms with Crippen LogP contribution in [0, 0.1) is 0 Å². The van der Waals surface area contributed by atoms with Crippen molar-refractivity contribution in [1.82, 2.24) is 9.97 Å². The molecule has 5 aromatic rings. The molecule has 0 atom stereocenters. The Morgan fingerprint density at radius 2 is 1.79 bits per heavy atom. The molecule has 7 heteroatoms. The molecule has 0 radical (unpaired) electrons. The van der Waals surface area contributed by atoms with E-state index in [2.05, 4.69) is 37.5 Å². The van der Waals surface area contributed by atoms with Gasteiger partial charge in [0.25, 0.3) is 5.75 Å².